The van der Waals surface area contributed by atoms with Gasteiger partial charge in [0.25, 0.3) is 5.91 Å². The lowest BCUT2D eigenvalue weighted by Crippen LogP contribution is -2.46. The van der Waals surface area contributed by atoms with E-state index < -0.39 is 0 Å². The minimum atomic E-state index is -0.0335. The zero-order chi connectivity index (χ0) is 14.7. The predicted molar refractivity (Wildman–Crippen MR) is 83.3 cm³/mol. The summed E-state index contributed by atoms with van der Waals surface area (Å²) in [5.74, 6) is -0.0335. The minimum absolute atomic E-state index is 0.0335. The first-order chi connectivity index (χ1) is 10.2. The number of hydrogen-bond acceptors (Lipinski definition) is 5. The van der Waals surface area contributed by atoms with Crippen LogP contribution in [0.5, 0.6) is 0 Å². The van der Waals surface area contributed by atoms with E-state index in [-0.39, 0.29) is 11.9 Å². The van der Waals surface area contributed by atoms with E-state index in [0.29, 0.717) is 10.9 Å². The second-order valence-corrected chi connectivity index (χ2v) is 6.33. The predicted octanol–water partition coefficient (Wildman–Crippen LogP) is 2.08. The highest BCUT2D eigenvalue weighted by atomic mass is 32.1. The summed E-state index contributed by atoms with van der Waals surface area (Å²) in [4.78, 5) is 21.5. The van der Waals surface area contributed by atoms with Gasteiger partial charge in [0.05, 0.1) is 11.9 Å². The summed E-state index contributed by atoms with van der Waals surface area (Å²) in [6.07, 6.45) is 5.31. The Morgan fingerprint density at radius 1 is 1.43 bits per heavy atom. The molecule has 2 aromatic rings. The van der Waals surface area contributed by atoms with Gasteiger partial charge in [-0.2, -0.15) is 0 Å². The van der Waals surface area contributed by atoms with E-state index >= 15 is 0 Å². The molecule has 0 saturated carbocycles. The molecule has 21 heavy (non-hydrogen) atoms. The van der Waals surface area contributed by atoms with Crippen LogP contribution in [-0.2, 0) is 0 Å². The van der Waals surface area contributed by atoms with Crippen LogP contribution in [0, 0.1) is 0 Å². The Morgan fingerprint density at radius 2 is 2.33 bits per heavy atom. The Hall–Kier alpha value is -1.79. The Kier molecular flexibility index (Phi) is 4.26. The molecule has 3 rings (SSSR count). The van der Waals surface area contributed by atoms with Crippen molar-refractivity contribution in [3.8, 4) is 10.7 Å². The van der Waals surface area contributed by atoms with E-state index in [0.717, 1.165) is 30.1 Å². The van der Waals surface area contributed by atoms with Gasteiger partial charge >= 0.3 is 0 Å². The van der Waals surface area contributed by atoms with Gasteiger partial charge in [-0.05, 0) is 38.4 Å². The normalized spacial score (nSPS) is 22.0. The molecule has 5 nitrogen and oxygen atoms in total. The number of rotatable bonds is 3. The molecule has 1 aliphatic rings. The number of thiazole rings is 1. The number of nitrogens with zero attached hydrogens (tertiary/aromatic N) is 2. The fourth-order valence-corrected chi connectivity index (χ4v) is 3.30. The van der Waals surface area contributed by atoms with Gasteiger partial charge in [0.1, 0.15) is 9.88 Å². The van der Waals surface area contributed by atoms with E-state index in [4.69, 9.17) is 0 Å². The molecule has 0 bridgehead atoms. The molecule has 110 valence electrons. The topological polar surface area (TPSA) is 66.9 Å². The zero-order valence-electron chi connectivity index (χ0n) is 11.9. The monoisotopic (exact) mass is 302 g/mol. The number of amides is 1. The first-order valence-electron chi connectivity index (χ1n) is 7.14. The van der Waals surface area contributed by atoms with Crippen LogP contribution in [0.1, 0.15) is 29.4 Å². The van der Waals surface area contributed by atoms with E-state index in [1.54, 1.807) is 12.4 Å². The fourth-order valence-electron chi connectivity index (χ4n) is 2.51. The minimum Gasteiger partial charge on any atom is -0.348 e. The highest BCUT2D eigenvalue weighted by Crippen LogP contribution is 2.23. The molecular formula is C15H18N4OS. The molecule has 6 heteroatoms. The first-order valence-corrected chi connectivity index (χ1v) is 7.95. The maximum Gasteiger partial charge on any atom is 0.263 e. The van der Waals surface area contributed by atoms with Crippen LogP contribution < -0.4 is 10.6 Å². The lowest BCUT2D eigenvalue weighted by Gasteiger charge is -2.28. The van der Waals surface area contributed by atoms with Crippen LogP contribution in [0.4, 0.5) is 0 Å². The van der Waals surface area contributed by atoms with Crippen molar-refractivity contribution in [1.82, 2.24) is 20.6 Å². The second kappa shape index (κ2) is 6.32. The maximum atomic E-state index is 12.3. The van der Waals surface area contributed by atoms with Crippen LogP contribution in [0.2, 0.25) is 0 Å². The van der Waals surface area contributed by atoms with Crippen molar-refractivity contribution in [3.05, 3.63) is 35.5 Å². The molecule has 0 aliphatic carbocycles. The molecule has 0 spiro atoms. The zero-order valence-corrected chi connectivity index (χ0v) is 12.7. The van der Waals surface area contributed by atoms with Gasteiger partial charge in [0, 0.05) is 18.3 Å². The number of hydrogen-bond donors (Lipinski definition) is 2. The average molecular weight is 302 g/mol. The lowest BCUT2D eigenvalue weighted by atomic mass is 10.0. The molecule has 1 aliphatic heterocycles. The van der Waals surface area contributed by atoms with Gasteiger partial charge in [-0.1, -0.05) is 6.07 Å². The Labute approximate surface area is 127 Å². The van der Waals surface area contributed by atoms with Gasteiger partial charge in [-0.25, -0.2) is 4.98 Å². The van der Waals surface area contributed by atoms with E-state index in [1.165, 1.54) is 11.3 Å². The van der Waals surface area contributed by atoms with Crippen molar-refractivity contribution in [2.45, 2.75) is 31.8 Å². The number of piperidine rings is 1. The standard InChI is InChI=1S/C15H18N4OS/c1-10-8-11(5-7-16-10)19-14(20)13-9-18-15(21-13)12-4-2-3-6-17-12/h2-4,6,9-11,16H,5,7-8H2,1H3,(H,19,20). The third-order valence-electron chi connectivity index (χ3n) is 3.57. The van der Waals surface area contributed by atoms with Crippen LogP contribution in [-0.4, -0.2) is 34.5 Å². The number of carbonyl (C=O) groups is 1. The van der Waals surface area contributed by atoms with Crippen molar-refractivity contribution in [2.24, 2.45) is 0 Å². The van der Waals surface area contributed by atoms with Gasteiger partial charge in [-0.3, -0.25) is 9.78 Å². The van der Waals surface area contributed by atoms with Gasteiger partial charge < -0.3 is 10.6 Å². The molecule has 3 heterocycles. The van der Waals surface area contributed by atoms with Crippen molar-refractivity contribution >= 4 is 17.2 Å². The van der Waals surface area contributed by atoms with Gasteiger partial charge in [0.15, 0.2) is 0 Å². The first kappa shape index (κ1) is 14.2. The number of nitrogens with one attached hydrogen (secondary N) is 2. The number of aromatic nitrogens is 2. The molecule has 2 atom stereocenters. The van der Waals surface area contributed by atoms with Crippen LogP contribution >= 0.6 is 11.3 Å². The van der Waals surface area contributed by atoms with Crippen LogP contribution in [0.15, 0.2) is 30.6 Å². The summed E-state index contributed by atoms with van der Waals surface area (Å²) in [5.41, 5.74) is 0.803. The Morgan fingerprint density at radius 3 is 3.10 bits per heavy atom. The van der Waals surface area contributed by atoms with E-state index in [1.807, 2.05) is 18.2 Å². The molecule has 2 unspecified atom stereocenters. The molecular weight excluding hydrogens is 284 g/mol. The van der Waals surface area contributed by atoms with Crippen LogP contribution in [0.25, 0.3) is 10.7 Å². The maximum absolute atomic E-state index is 12.3. The van der Waals surface area contributed by atoms with Crippen molar-refractivity contribution < 1.29 is 4.79 Å². The van der Waals surface area contributed by atoms with Crippen molar-refractivity contribution in [1.29, 1.82) is 0 Å². The summed E-state index contributed by atoms with van der Waals surface area (Å²) < 4.78 is 0. The second-order valence-electron chi connectivity index (χ2n) is 5.29. The number of carbonyl (C=O) groups excluding carboxylic acids is 1. The van der Waals surface area contributed by atoms with E-state index in [2.05, 4.69) is 27.5 Å². The highest BCUT2D eigenvalue weighted by molar-refractivity contribution is 7.16. The molecule has 0 radical (unpaired) electrons. The summed E-state index contributed by atoms with van der Waals surface area (Å²) in [6, 6.07) is 6.38. The molecule has 1 amide bonds. The lowest BCUT2D eigenvalue weighted by molar-refractivity contribution is 0.0929. The van der Waals surface area contributed by atoms with Crippen molar-refractivity contribution in [2.75, 3.05) is 6.54 Å². The quantitative estimate of drug-likeness (QED) is 0.911. The molecule has 1 fully saturated rings. The van der Waals surface area contributed by atoms with Gasteiger partial charge in [-0.15, -0.1) is 11.3 Å². The average Bonchev–Trinajstić information content (AvgIpc) is 2.98. The van der Waals surface area contributed by atoms with Crippen LogP contribution in [0.3, 0.4) is 0 Å². The van der Waals surface area contributed by atoms with Crippen molar-refractivity contribution in [3.63, 3.8) is 0 Å². The molecule has 2 aromatic heterocycles. The smallest absolute Gasteiger partial charge is 0.263 e. The summed E-state index contributed by atoms with van der Waals surface area (Å²) in [7, 11) is 0. The summed E-state index contributed by atoms with van der Waals surface area (Å²) in [5, 5.41) is 7.26. The molecule has 1 saturated heterocycles. The third-order valence-corrected chi connectivity index (χ3v) is 4.59. The molecule has 0 aromatic carbocycles. The fraction of sp³-hybridized carbons (Fsp3) is 0.400. The largest absolute Gasteiger partial charge is 0.348 e. The van der Waals surface area contributed by atoms with E-state index in [9.17, 15) is 4.79 Å². The van der Waals surface area contributed by atoms with Gasteiger partial charge in [0.2, 0.25) is 0 Å². The highest BCUT2D eigenvalue weighted by Gasteiger charge is 2.21. The SMILES string of the molecule is CC1CC(NC(=O)c2cnc(-c3ccccn3)s2)CCN1. The molecule has 2 N–H and O–H groups in total. The number of pyridine rings is 1. The summed E-state index contributed by atoms with van der Waals surface area (Å²) in [6.45, 7) is 3.10. The third kappa shape index (κ3) is 3.46. The Bertz CT molecular complexity index is 613. The Balaban J connectivity index is 1.67. The summed E-state index contributed by atoms with van der Waals surface area (Å²) >= 11 is 1.38.